The molecule has 0 heterocycles. The molecule has 1 amide bonds. The van der Waals surface area contributed by atoms with Gasteiger partial charge in [-0.05, 0) is 30.2 Å². The molecule has 1 aromatic rings. The number of carbonyl (C=O) groups is 2. The van der Waals surface area contributed by atoms with Crippen molar-refractivity contribution in [1.82, 2.24) is 0 Å². The second-order valence-corrected chi connectivity index (χ2v) is 4.67. The Labute approximate surface area is 117 Å². The second-order valence-electron chi connectivity index (χ2n) is 4.67. The maximum atomic E-state index is 13.7. The topological polar surface area (TPSA) is 66.4 Å². The molecular formula is C15H18FNO3. The monoisotopic (exact) mass is 279 g/mol. The molecule has 0 aliphatic heterocycles. The largest absolute Gasteiger partial charge is 0.478 e. The lowest BCUT2D eigenvalue weighted by Crippen LogP contribution is -2.14. The van der Waals surface area contributed by atoms with Crippen LogP contribution in [0.4, 0.5) is 10.1 Å². The number of hydrogen-bond acceptors (Lipinski definition) is 2. The molecule has 1 aromatic carbocycles. The first-order valence-electron chi connectivity index (χ1n) is 6.42. The zero-order chi connectivity index (χ0) is 15.1. The lowest BCUT2D eigenvalue weighted by atomic mass is 10.0. The van der Waals surface area contributed by atoms with Crippen LogP contribution in [-0.4, -0.2) is 17.0 Å². The summed E-state index contributed by atoms with van der Waals surface area (Å²) in [4.78, 5) is 22.0. The van der Waals surface area contributed by atoms with E-state index < -0.39 is 11.8 Å². The number of anilines is 1. The van der Waals surface area contributed by atoms with Gasteiger partial charge >= 0.3 is 5.97 Å². The number of carboxylic acids is 1. The normalized spacial score (nSPS) is 12.3. The van der Waals surface area contributed by atoms with Gasteiger partial charge in [0.1, 0.15) is 5.82 Å². The van der Waals surface area contributed by atoms with E-state index in [4.69, 9.17) is 5.11 Å². The van der Waals surface area contributed by atoms with Gasteiger partial charge in [-0.25, -0.2) is 9.18 Å². The lowest BCUT2D eigenvalue weighted by Gasteiger charge is -2.09. The van der Waals surface area contributed by atoms with Crippen LogP contribution in [0.1, 0.15) is 32.3 Å². The SMILES string of the molecule is CCC(C)CC(=O)Nc1ccc(/C=C/C(=O)O)c(F)c1. The Morgan fingerprint density at radius 3 is 2.70 bits per heavy atom. The van der Waals surface area contributed by atoms with E-state index >= 15 is 0 Å². The fourth-order valence-corrected chi connectivity index (χ4v) is 1.57. The Morgan fingerprint density at radius 2 is 2.15 bits per heavy atom. The average Bonchev–Trinajstić information content (AvgIpc) is 2.37. The molecule has 1 rings (SSSR count). The Bertz CT molecular complexity index is 526. The van der Waals surface area contributed by atoms with Crippen molar-refractivity contribution in [2.24, 2.45) is 5.92 Å². The van der Waals surface area contributed by atoms with Crippen LogP contribution in [0.25, 0.3) is 6.08 Å². The summed E-state index contributed by atoms with van der Waals surface area (Å²) in [6.07, 6.45) is 3.32. The van der Waals surface area contributed by atoms with Gasteiger partial charge in [-0.15, -0.1) is 0 Å². The van der Waals surface area contributed by atoms with Gasteiger partial charge in [0.05, 0.1) is 0 Å². The summed E-state index contributed by atoms with van der Waals surface area (Å²) < 4.78 is 13.7. The molecule has 0 saturated heterocycles. The summed E-state index contributed by atoms with van der Waals surface area (Å²) >= 11 is 0. The molecule has 0 bridgehead atoms. The van der Waals surface area contributed by atoms with Crippen LogP contribution in [0.2, 0.25) is 0 Å². The minimum atomic E-state index is -1.14. The summed E-state index contributed by atoms with van der Waals surface area (Å²) in [6.45, 7) is 3.97. The number of benzene rings is 1. The van der Waals surface area contributed by atoms with Gasteiger partial charge in [-0.1, -0.05) is 20.3 Å². The van der Waals surface area contributed by atoms with Gasteiger partial charge in [0, 0.05) is 23.7 Å². The van der Waals surface area contributed by atoms with E-state index in [1.165, 1.54) is 18.2 Å². The van der Waals surface area contributed by atoms with Crippen LogP contribution in [0, 0.1) is 11.7 Å². The molecule has 0 fully saturated rings. The fraction of sp³-hybridized carbons (Fsp3) is 0.333. The third kappa shape index (κ3) is 5.22. The summed E-state index contributed by atoms with van der Waals surface area (Å²) in [5.74, 6) is -1.61. The first-order chi connectivity index (χ1) is 9.42. The van der Waals surface area contributed by atoms with Gasteiger partial charge in [0.15, 0.2) is 0 Å². The van der Waals surface area contributed by atoms with Crippen molar-refractivity contribution in [1.29, 1.82) is 0 Å². The Kier molecular flexibility index (Phi) is 5.90. The number of carboxylic acid groups (broad SMARTS) is 1. The third-order valence-electron chi connectivity index (χ3n) is 2.92. The van der Waals surface area contributed by atoms with Crippen LogP contribution in [-0.2, 0) is 9.59 Å². The van der Waals surface area contributed by atoms with Crippen molar-refractivity contribution in [2.75, 3.05) is 5.32 Å². The Morgan fingerprint density at radius 1 is 1.45 bits per heavy atom. The Hall–Kier alpha value is -2.17. The first-order valence-corrected chi connectivity index (χ1v) is 6.42. The quantitative estimate of drug-likeness (QED) is 0.785. The molecule has 20 heavy (non-hydrogen) atoms. The maximum absolute atomic E-state index is 13.7. The molecule has 5 heteroatoms. The minimum absolute atomic E-state index is 0.160. The van der Waals surface area contributed by atoms with Crippen molar-refractivity contribution >= 4 is 23.6 Å². The summed E-state index contributed by atoms with van der Waals surface area (Å²) in [5, 5.41) is 11.1. The second kappa shape index (κ2) is 7.43. The van der Waals surface area contributed by atoms with E-state index in [9.17, 15) is 14.0 Å². The minimum Gasteiger partial charge on any atom is -0.478 e. The predicted molar refractivity (Wildman–Crippen MR) is 75.8 cm³/mol. The standard InChI is InChI=1S/C15H18FNO3/c1-3-10(2)8-14(18)17-12-6-4-11(13(16)9-12)5-7-15(19)20/h4-7,9-10H,3,8H2,1-2H3,(H,17,18)(H,19,20)/b7-5+. The zero-order valence-electron chi connectivity index (χ0n) is 11.5. The molecular weight excluding hydrogens is 261 g/mol. The number of aliphatic carboxylic acids is 1. The lowest BCUT2D eigenvalue weighted by molar-refractivity contribution is -0.131. The van der Waals surface area contributed by atoms with Crippen LogP contribution in [0.5, 0.6) is 0 Å². The van der Waals surface area contributed by atoms with Crippen LogP contribution >= 0.6 is 0 Å². The molecule has 108 valence electrons. The fourth-order valence-electron chi connectivity index (χ4n) is 1.57. The average molecular weight is 279 g/mol. The highest BCUT2D eigenvalue weighted by Gasteiger charge is 2.09. The van der Waals surface area contributed by atoms with E-state index in [-0.39, 0.29) is 17.4 Å². The highest BCUT2D eigenvalue weighted by Crippen LogP contribution is 2.17. The van der Waals surface area contributed by atoms with E-state index in [0.717, 1.165) is 12.5 Å². The predicted octanol–water partition coefficient (Wildman–Crippen LogP) is 3.30. The molecule has 0 aliphatic carbocycles. The summed E-state index contributed by atoms with van der Waals surface area (Å²) in [6, 6.07) is 4.14. The number of carbonyl (C=O) groups excluding carboxylic acids is 1. The maximum Gasteiger partial charge on any atom is 0.328 e. The van der Waals surface area contributed by atoms with Crippen molar-refractivity contribution in [3.8, 4) is 0 Å². The first kappa shape index (κ1) is 15.9. The van der Waals surface area contributed by atoms with Crippen molar-refractivity contribution in [3.63, 3.8) is 0 Å². The molecule has 1 atom stereocenters. The van der Waals surface area contributed by atoms with Crippen LogP contribution in [0.3, 0.4) is 0 Å². The van der Waals surface area contributed by atoms with Crippen molar-refractivity contribution in [3.05, 3.63) is 35.7 Å². The highest BCUT2D eigenvalue weighted by molar-refractivity contribution is 5.91. The summed E-state index contributed by atoms with van der Waals surface area (Å²) in [7, 11) is 0. The number of hydrogen-bond donors (Lipinski definition) is 2. The molecule has 0 aliphatic rings. The molecule has 0 radical (unpaired) electrons. The number of halogens is 1. The van der Waals surface area contributed by atoms with Crippen LogP contribution < -0.4 is 5.32 Å². The number of nitrogens with one attached hydrogen (secondary N) is 1. The van der Waals surface area contributed by atoms with E-state index in [0.29, 0.717) is 12.1 Å². The Balaban J connectivity index is 2.72. The number of rotatable bonds is 6. The van der Waals surface area contributed by atoms with Crippen LogP contribution in [0.15, 0.2) is 24.3 Å². The smallest absolute Gasteiger partial charge is 0.328 e. The van der Waals surface area contributed by atoms with Gasteiger partial charge in [-0.3, -0.25) is 4.79 Å². The van der Waals surface area contributed by atoms with Gasteiger partial charge in [0.25, 0.3) is 0 Å². The molecule has 0 saturated carbocycles. The number of amides is 1. The van der Waals surface area contributed by atoms with E-state index in [1.807, 2.05) is 13.8 Å². The highest BCUT2D eigenvalue weighted by atomic mass is 19.1. The van der Waals surface area contributed by atoms with Crippen molar-refractivity contribution in [2.45, 2.75) is 26.7 Å². The molecule has 1 unspecified atom stereocenters. The van der Waals surface area contributed by atoms with E-state index in [2.05, 4.69) is 5.32 Å². The van der Waals surface area contributed by atoms with Gasteiger partial charge in [0.2, 0.25) is 5.91 Å². The molecule has 0 spiro atoms. The van der Waals surface area contributed by atoms with Crippen molar-refractivity contribution < 1.29 is 19.1 Å². The zero-order valence-corrected chi connectivity index (χ0v) is 11.5. The van der Waals surface area contributed by atoms with Gasteiger partial charge in [-0.2, -0.15) is 0 Å². The molecule has 4 nitrogen and oxygen atoms in total. The van der Waals surface area contributed by atoms with E-state index in [1.54, 1.807) is 6.07 Å². The molecule has 2 N–H and O–H groups in total. The third-order valence-corrected chi connectivity index (χ3v) is 2.92. The summed E-state index contributed by atoms with van der Waals surface area (Å²) in [5.41, 5.74) is 0.524. The van der Waals surface area contributed by atoms with Gasteiger partial charge < -0.3 is 10.4 Å². The molecule has 0 aromatic heterocycles.